The van der Waals surface area contributed by atoms with Gasteiger partial charge in [-0.3, -0.25) is 4.79 Å². The molecule has 1 aliphatic carbocycles. The second-order valence-electron chi connectivity index (χ2n) is 7.50. The zero-order chi connectivity index (χ0) is 21.4. The summed E-state index contributed by atoms with van der Waals surface area (Å²) in [6.45, 7) is 1.81. The second-order valence-corrected chi connectivity index (χ2v) is 7.50. The summed E-state index contributed by atoms with van der Waals surface area (Å²) in [6, 6.07) is 14.9. The number of aryl methyl sites for hydroxylation is 1. The van der Waals surface area contributed by atoms with Crippen LogP contribution < -0.4 is 10.1 Å². The van der Waals surface area contributed by atoms with E-state index in [1.807, 2.05) is 36.4 Å². The Morgan fingerprint density at radius 3 is 2.68 bits per heavy atom. The normalized spacial score (nSPS) is 13.2. The number of amides is 1. The van der Waals surface area contributed by atoms with Crippen molar-refractivity contribution in [2.45, 2.75) is 25.7 Å². The first-order chi connectivity index (χ1) is 15.1. The maximum absolute atomic E-state index is 12.8. The molecule has 2 heterocycles. The molecule has 1 amide bonds. The maximum atomic E-state index is 12.8. The highest BCUT2D eigenvalue weighted by atomic mass is 16.5. The van der Waals surface area contributed by atoms with Gasteiger partial charge in [-0.05, 0) is 56.2 Å². The summed E-state index contributed by atoms with van der Waals surface area (Å²) < 4.78 is 12.3. The van der Waals surface area contributed by atoms with Gasteiger partial charge >= 0.3 is 0 Å². The Hall–Kier alpha value is -3.94. The Balaban J connectivity index is 1.35. The molecule has 1 fully saturated rings. The topological polar surface area (TPSA) is 95.1 Å². The minimum atomic E-state index is -0.246. The lowest BCUT2D eigenvalue weighted by molar-refractivity contribution is 0.102. The van der Waals surface area contributed by atoms with E-state index in [0.29, 0.717) is 40.3 Å². The van der Waals surface area contributed by atoms with Gasteiger partial charge in [0, 0.05) is 17.7 Å². The molecule has 156 valence electrons. The van der Waals surface area contributed by atoms with Crippen LogP contribution in [0.5, 0.6) is 5.75 Å². The van der Waals surface area contributed by atoms with Crippen LogP contribution in [0.2, 0.25) is 0 Å². The van der Waals surface area contributed by atoms with Crippen molar-refractivity contribution in [3.05, 3.63) is 71.9 Å². The van der Waals surface area contributed by atoms with Crippen molar-refractivity contribution in [3.8, 4) is 22.8 Å². The molecular weight excluding hydrogens is 394 g/mol. The number of para-hydroxylation sites is 2. The number of nitrogens with zero attached hydrogens (tertiary/aromatic N) is 4. The van der Waals surface area contributed by atoms with Crippen molar-refractivity contribution >= 4 is 11.6 Å². The Kier molecular flexibility index (Phi) is 4.74. The lowest BCUT2D eigenvalue weighted by atomic mass is 10.2. The lowest BCUT2D eigenvalue weighted by Gasteiger charge is -2.09. The molecule has 0 bridgehead atoms. The van der Waals surface area contributed by atoms with Crippen LogP contribution in [0.4, 0.5) is 5.69 Å². The quantitative estimate of drug-likeness (QED) is 0.502. The van der Waals surface area contributed by atoms with Crippen LogP contribution in [-0.4, -0.2) is 32.9 Å². The Bertz CT molecular complexity index is 1240. The Morgan fingerprint density at radius 2 is 1.94 bits per heavy atom. The molecule has 8 heteroatoms. The highest BCUT2D eigenvalue weighted by molar-refractivity contribution is 6.05. The van der Waals surface area contributed by atoms with Gasteiger partial charge in [-0.25, -0.2) is 4.68 Å². The third-order valence-electron chi connectivity index (χ3n) is 5.26. The number of carbonyl (C=O) groups is 1. The molecule has 0 radical (unpaired) electrons. The van der Waals surface area contributed by atoms with Crippen molar-refractivity contribution in [3.63, 3.8) is 0 Å². The highest BCUT2D eigenvalue weighted by Gasteiger charge is 2.29. The number of hydrogen-bond acceptors (Lipinski definition) is 6. The average molecular weight is 415 g/mol. The van der Waals surface area contributed by atoms with E-state index in [4.69, 9.17) is 9.26 Å². The summed E-state index contributed by atoms with van der Waals surface area (Å²) in [7, 11) is 1.57. The number of methoxy groups -OCH3 is 1. The molecule has 0 spiro atoms. The van der Waals surface area contributed by atoms with Gasteiger partial charge in [-0.1, -0.05) is 17.3 Å². The monoisotopic (exact) mass is 415 g/mol. The van der Waals surface area contributed by atoms with Gasteiger partial charge in [0.2, 0.25) is 11.7 Å². The molecule has 5 rings (SSSR count). The van der Waals surface area contributed by atoms with E-state index in [2.05, 4.69) is 20.6 Å². The molecule has 0 aliphatic heterocycles. The first-order valence-corrected chi connectivity index (χ1v) is 10.1. The molecule has 1 N–H and O–H groups in total. The number of hydrogen-bond donors (Lipinski definition) is 1. The molecule has 8 nitrogen and oxygen atoms in total. The first-order valence-electron chi connectivity index (χ1n) is 10.1. The average Bonchev–Trinajstić information content (AvgIpc) is 3.39. The van der Waals surface area contributed by atoms with Crippen LogP contribution in [0.25, 0.3) is 17.1 Å². The number of aromatic nitrogens is 4. The van der Waals surface area contributed by atoms with Crippen LogP contribution >= 0.6 is 0 Å². The summed E-state index contributed by atoms with van der Waals surface area (Å²) in [5.74, 6) is 2.08. The van der Waals surface area contributed by atoms with E-state index in [1.165, 1.54) is 0 Å². The molecule has 1 aliphatic rings. The predicted octanol–water partition coefficient (Wildman–Crippen LogP) is 4.37. The molecule has 1 saturated carbocycles. The summed E-state index contributed by atoms with van der Waals surface area (Å²) >= 11 is 0. The fourth-order valence-corrected chi connectivity index (χ4v) is 3.36. The second kappa shape index (κ2) is 7.71. The number of rotatable bonds is 6. The van der Waals surface area contributed by atoms with Crippen molar-refractivity contribution in [1.29, 1.82) is 0 Å². The number of benzene rings is 2. The van der Waals surface area contributed by atoms with Gasteiger partial charge < -0.3 is 14.6 Å². The van der Waals surface area contributed by atoms with E-state index in [1.54, 1.807) is 37.0 Å². The Labute approximate surface area is 178 Å². The third-order valence-corrected chi connectivity index (χ3v) is 5.26. The third kappa shape index (κ3) is 3.79. The number of anilines is 1. The van der Waals surface area contributed by atoms with E-state index in [-0.39, 0.29) is 5.91 Å². The van der Waals surface area contributed by atoms with Gasteiger partial charge in [-0.15, -0.1) is 0 Å². The van der Waals surface area contributed by atoms with Gasteiger partial charge in [0.05, 0.1) is 29.7 Å². The molecule has 31 heavy (non-hydrogen) atoms. The zero-order valence-corrected chi connectivity index (χ0v) is 17.2. The van der Waals surface area contributed by atoms with Gasteiger partial charge in [0.15, 0.2) is 0 Å². The van der Waals surface area contributed by atoms with Gasteiger partial charge in [-0.2, -0.15) is 10.1 Å². The molecule has 2 aromatic heterocycles. The first kappa shape index (κ1) is 19.0. The van der Waals surface area contributed by atoms with E-state index < -0.39 is 0 Å². The van der Waals surface area contributed by atoms with Crippen molar-refractivity contribution in [2.75, 3.05) is 12.4 Å². The van der Waals surface area contributed by atoms with Crippen LogP contribution in [0.1, 0.15) is 40.7 Å². The maximum Gasteiger partial charge on any atom is 0.259 e. The Morgan fingerprint density at radius 1 is 1.16 bits per heavy atom. The summed E-state index contributed by atoms with van der Waals surface area (Å²) in [5, 5.41) is 11.5. The standard InChI is InChI=1S/C23H21N5O3/c1-14-18(22(29)24-19-5-3-4-6-20(19)30-2)13-28(26-14)17-11-9-15(10-12-17)21-25-23(31-27-21)16-7-8-16/h3-6,9-13,16H,7-8H2,1-2H3,(H,24,29). The molecule has 0 saturated heterocycles. The molecule has 2 aromatic carbocycles. The van der Waals surface area contributed by atoms with Crippen molar-refractivity contribution in [2.24, 2.45) is 0 Å². The number of nitrogens with one attached hydrogen (secondary N) is 1. The van der Waals surface area contributed by atoms with Crippen molar-refractivity contribution in [1.82, 2.24) is 19.9 Å². The molecule has 4 aromatic rings. The minimum Gasteiger partial charge on any atom is -0.495 e. The van der Waals surface area contributed by atoms with Gasteiger partial charge in [0.1, 0.15) is 5.75 Å². The minimum absolute atomic E-state index is 0.246. The van der Waals surface area contributed by atoms with Crippen LogP contribution in [-0.2, 0) is 0 Å². The van der Waals surface area contributed by atoms with E-state index >= 15 is 0 Å². The van der Waals surface area contributed by atoms with Gasteiger partial charge in [0.25, 0.3) is 5.91 Å². The van der Waals surface area contributed by atoms with E-state index in [9.17, 15) is 4.79 Å². The van der Waals surface area contributed by atoms with Crippen LogP contribution in [0.15, 0.2) is 59.3 Å². The zero-order valence-electron chi connectivity index (χ0n) is 17.2. The fourth-order valence-electron chi connectivity index (χ4n) is 3.36. The summed E-state index contributed by atoms with van der Waals surface area (Å²) in [5.41, 5.74) is 3.43. The number of ether oxygens (including phenoxy) is 1. The van der Waals surface area contributed by atoms with Crippen molar-refractivity contribution < 1.29 is 14.1 Å². The summed E-state index contributed by atoms with van der Waals surface area (Å²) in [6.07, 6.45) is 3.95. The largest absolute Gasteiger partial charge is 0.495 e. The molecule has 0 atom stereocenters. The summed E-state index contributed by atoms with van der Waals surface area (Å²) in [4.78, 5) is 17.3. The number of carbonyl (C=O) groups excluding carboxylic acids is 1. The smallest absolute Gasteiger partial charge is 0.259 e. The molecular formula is C23H21N5O3. The SMILES string of the molecule is COc1ccccc1NC(=O)c1cn(-c2ccc(-c3noc(C4CC4)n3)cc2)nc1C. The molecule has 0 unspecified atom stereocenters. The van der Waals surface area contributed by atoms with Crippen LogP contribution in [0.3, 0.4) is 0 Å². The lowest BCUT2D eigenvalue weighted by Crippen LogP contribution is -2.13. The fraction of sp³-hybridized carbons (Fsp3) is 0.217. The van der Waals surface area contributed by atoms with Crippen LogP contribution in [0, 0.1) is 6.92 Å². The highest BCUT2D eigenvalue weighted by Crippen LogP contribution is 2.39. The van der Waals surface area contributed by atoms with E-state index in [0.717, 1.165) is 24.1 Å². The predicted molar refractivity (Wildman–Crippen MR) is 115 cm³/mol.